The minimum absolute atomic E-state index is 0.286. The molecule has 9 heteroatoms. The van der Waals surface area contributed by atoms with E-state index in [2.05, 4.69) is 5.32 Å². The Kier molecular flexibility index (Phi) is 5.44. The van der Waals surface area contributed by atoms with Crippen molar-refractivity contribution in [2.45, 2.75) is 62.6 Å². The van der Waals surface area contributed by atoms with Gasteiger partial charge in [-0.15, -0.1) is 0 Å². The van der Waals surface area contributed by atoms with Crippen molar-refractivity contribution in [1.82, 2.24) is 9.62 Å². The summed E-state index contributed by atoms with van der Waals surface area (Å²) in [5.74, 6) is -2.78. The fourth-order valence-electron chi connectivity index (χ4n) is 3.88. The third-order valence-corrected chi connectivity index (χ3v) is 6.65. The lowest BCUT2D eigenvalue weighted by molar-refractivity contribution is 0.0696. The Morgan fingerprint density at radius 3 is 1.78 bits per heavy atom. The molecule has 150 valence electrons. The van der Waals surface area contributed by atoms with Crippen LogP contribution in [0.3, 0.4) is 0 Å². The smallest absolute Gasteiger partial charge is 0.335 e. The maximum Gasteiger partial charge on any atom is 0.335 e. The second kappa shape index (κ2) is 6.88. The van der Waals surface area contributed by atoms with Crippen molar-refractivity contribution < 1.29 is 28.2 Å². The Labute approximate surface area is 159 Å². The number of carboxylic acids is 2. The lowest BCUT2D eigenvalue weighted by atomic mass is 9.80. The lowest BCUT2D eigenvalue weighted by Crippen LogP contribution is -2.62. The molecule has 1 aromatic rings. The number of hydrogen-bond donors (Lipinski definition) is 3. The van der Waals surface area contributed by atoms with Crippen LogP contribution in [0, 0.1) is 0 Å². The number of benzene rings is 1. The molecule has 0 radical (unpaired) electrons. The van der Waals surface area contributed by atoms with Crippen molar-refractivity contribution in [3.8, 4) is 0 Å². The maximum absolute atomic E-state index is 13.1. The minimum atomic E-state index is -4.07. The van der Waals surface area contributed by atoms with Gasteiger partial charge in [0.05, 0.1) is 16.0 Å². The van der Waals surface area contributed by atoms with Crippen LogP contribution in [0.25, 0.3) is 0 Å². The van der Waals surface area contributed by atoms with E-state index in [-0.39, 0.29) is 33.1 Å². The largest absolute Gasteiger partial charge is 0.478 e. The van der Waals surface area contributed by atoms with Gasteiger partial charge in [-0.2, -0.15) is 4.31 Å². The second-order valence-electron chi connectivity index (χ2n) is 8.33. The molecule has 0 bridgehead atoms. The van der Waals surface area contributed by atoms with E-state index in [1.807, 2.05) is 27.7 Å². The third-order valence-electron chi connectivity index (χ3n) is 4.76. The highest BCUT2D eigenvalue weighted by molar-refractivity contribution is 7.89. The van der Waals surface area contributed by atoms with Crippen molar-refractivity contribution in [2.24, 2.45) is 0 Å². The summed E-state index contributed by atoms with van der Waals surface area (Å²) >= 11 is 0. The molecule has 1 heterocycles. The van der Waals surface area contributed by atoms with Gasteiger partial charge in [-0.25, -0.2) is 18.0 Å². The summed E-state index contributed by atoms with van der Waals surface area (Å²) < 4.78 is 27.5. The second-order valence-corrected chi connectivity index (χ2v) is 10.3. The highest BCUT2D eigenvalue weighted by Gasteiger charge is 2.42. The van der Waals surface area contributed by atoms with Crippen LogP contribution >= 0.6 is 0 Å². The molecule has 3 N–H and O–H groups in total. The normalized spacial score (nSPS) is 19.8. The van der Waals surface area contributed by atoms with Crippen LogP contribution in [0.2, 0.25) is 0 Å². The monoisotopic (exact) mass is 398 g/mol. The van der Waals surface area contributed by atoms with E-state index < -0.39 is 22.0 Å². The molecule has 0 spiro atoms. The van der Waals surface area contributed by atoms with Gasteiger partial charge in [0.1, 0.15) is 0 Å². The molecule has 1 aliphatic rings. The molecule has 0 saturated carbocycles. The van der Waals surface area contributed by atoms with Crippen LogP contribution in [-0.4, -0.2) is 59.0 Å². The van der Waals surface area contributed by atoms with Gasteiger partial charge in [-0.05, 0) is 58.7 Å². The Hall–Kier alpha value is -1.97. The number of rotatable bonds is 5. The fourth-order valence-corrected chi connectivity index (χ4v) is 5.31. The Morgan fingerprint density at radius 1 is 1.00 bits per heavy atom. The summed E-state index contributed by atoms with van der Waals surface area (Å²) in [6, 6.07) is 2.62. The molecule has 1 fully saturated rings. The molecule has 0 amide bonds. The Balaban J connectivity index is 2.48. The number of carbonyl (C=O) groups is 2. The highest BCUT2D eigenvalue weighted by Crippen LogP contribution is 2.33. The molecule has 2 rings (SSSR count). The zero-order chi connectivity index (χ0) is 20.8. The Bertz CT molecular complexity index is 828. The van der Waals surface area contributed by atoms with E-state index in [1.54, 1.807) is 0 Å². The van der Waals surface area contributed by atoms with Crippen molar-refractivity contribution in [1.29, 1.82) is 0 Å². The molecule has 0 aliphatic carbocycles. The molecule has 8 nitrogen and oxygen atoms in total. The summed E-state index contributed by atoms with van der Waals surface area (Å²) in [6.45, 7) is 7.98. The van der Waals surface area contributed by atoms with Crippen molar-refractivity contribution in [3.63, 3.8) is 0 Å². The van der Waals surface area contributed by atoms with E-state index in [1.165, 1.54) is 11.4 Å². The summed E-state index contributed by atoms with van der Waals surface area (Å²) in [7, 11) is -2.62. The molecule has 0 atom stereocenters. The van der Waals surface area contributed by atoms with E-state index in [4.69, 9.17) is 0 Å². The SMILES string of the molecule is CN(C1CC(C)(C)NC(C)(C)C1)S(=O)(=O)c1cc(C(=O)O)cc(C(=O)O)c1. The standard InChI is InChI=1S/C18H26N2O6S/c1-17(2)9-13(10-18(3,4)19-17)20(5)27(25,26)14-7-11(15(21)22)6-12(8-14)16(23)24/h6-8,13,19H,9-10H2,1-5H3,(H,21,22)(H,23,24). The summed E-state index contributed by atoms with van der Waals surface area (Å²) in [5.41, 5.74) is -1.34. The number of carboxylic acid groups (broad SMARTS) is 2. The molecular formula is C18H26N2O6S. The van der Waals surface area contributed by atoms with Crippen LogP contribution in [-0.2, 0) is 10.0 Å². The maximum atomic E-state index is 13.1. The van der Waals surface area contributed by atoms with Gasteiger partial charge in [-0.3, -0.25) is 0 Å². The Morgan fingerprint density at radius 2 is 1.41 bits per heavy atom. The third kappa shape index (κ3) is 4.66. The first-order valence-corrected chi connectivity index (χ1v) is 9.98. The predicted octanol–water partition coefficient (Wildman–Crippen LogP) is 2.01. The molecular weight excluding hydrogens is 372 g/mol. The number of nitrogens with one attached hydrogen (secondary N) is 1. The topological polar surface area (TPSA) is 124 Å². The summed E-state index contributed by atoms with van der Waals surface area (Å²) in [5, 5.41) is 21.9. The molecule has 1 aromatic carbocycles. The molecule has 0 aromatic heterocycles. The number of hydrogen-bond acceptors (Lipinski definition) is 5. The van der Waals surface area contributed by atoms with E-state index in [0.29, 0.717) is 12.8 Å². The van der Waals surface area contributed by atoms with Gasteiger partial charge in [0, 0.05) is 24.2 Å². The van der Waals surface area contributed by atoms with Gasteiger partial charge in [0.25, 0.3) is 0 Å². The van der Waals surface area contributed by atoms with Gasteiger partial charge >= 0.3 is 11.9 Å². The number of aromatic carboxylic acids is 2. The van der Waals surface area contributed by atoms with Gasteiger partial charge in [0.2, 0.25) is 10.0 Å². The van der Waals surface area contributed by atoms with Gasteiger partial charge in [-0.1, -0.05) is 0 Å². The zero-order valence-electron chi connectivity index (χ0n) is 16.1. The van der Waals surface area contributed by atoms with Crippen molar-refractivity contribution in [3.05, 3.63) is 29.3 Å². The average molecular weight is 398 g/mol. The quantitative estimate of drug-likeness (QED) is 0.693. The summed E-state index contributed by atoms with van der Waals surface area (Å²) in [6.07, 6.45) is 1.13. The molecule has 0 unspecified atom stereocenters. The lowest BCUT2D eigenvalue weighted by Gasteiger charge is -2.48. The van der Waals surface area contributed by atoms with Gasteiger partial charge < -0.3 is 15.5 Å². The number of sulfonamides is 1. The van der Waals surface area contributed by atoms with Crippen LogP contribution in [0.15, 0.2) is 23.1 Å². The number of nitrogens with zero attached hydrogens (tertiary/aromatic N) is 1. The van der Waals surface area contributed by atoms with E-state index in [9.17, 15) is 28.2 Å². The first kappa shape index (κ1) is 21.3. The highest BCUT2D eigenvalue weighted by atomic mass is 32.2. The van der Waals surface area contributed by atoms with Crippen molar-refractivity contribution >= 4 is 22.0 Å². The van der Waals surface area contributed by atoms with Crippen LogP contribution in [0.5, 0.6) is 0 Å². The van der Waals surface area contributed by atoms with E-state index >= 15 is 0 Å². The number of piperidine rings is 1. The first-order chi connectivity index (χ1) is 12.1. The average Bonchev–Trinajstić information content (AvgIpc) is 2.50. The van der Waals surface area contributed by atoms with Crippen LogP contribution < -0.4 is 5.32 Å². The van der Waals surface area contributed by atoms with E-state index in [0.717, 1.165) is 18.2 Å². The minimum Gasteiger partial charge on any atom is -0.478 e. The molecule has 1 aliphatic heterocycles. The predicted molar refractivity (Wildman–Crippen MR) is 99.6 cm³/mol. The van der Waals surface area contributed by atoms with Gasteiger partial charge in [0.15, 0.2) is 0 Å². The molecule has 27 heavy (non-hydrogen) atoms. The fraction of sp³-hybridized carbons (Fsp3) is 0.556. The molecule has 1 saturated heterocycles. The zero-order valence-corrected chi connectivity index (χ0v) is 16.9. The van der Waals surface area contributed by atoms with Crippen LogP contribution in [0.4, 0.5) is 0 Å². The summed E-state index contributed by atoms with van der Waals surface area (Å²) in [4.78, 5) is 22.2. The first-order valence-electron chi connectivity index (χ1n) is 8.54. The van der Waals surface area contributed by atoms with Crippen molar-refractivity contribution in [2.75, 3.05) is 7.05 Å². The van der Waals surface area contributed by atoms with Crippen LogP contribution in [0.1, 0.15) is 61.3 Å².